The fourth-order valence-electron chi connectivity index (χ4n) is 12.7. The number of nitrogens with zero attached hydrogens (tertiary/aromatic N) is 9. The van der Waals surface area contributed by atoms with E-state index in [1.807, 2.05) is 66.7 Å². The van der Waals surface area contributed by atoms with Gasteiger partial charge >= 0.3 is 0 Å². The number of hydrogen-bond acceptors (Lipinski definition) is 27. The fraction of sp³-hybridized carbons (Fsp3) is 0.294. The Balaban J connectivity index is 0.000000160. The van der Waals surface area contributed by atoms with Gasteiger partial charge < -0.3 is 76.2 Å². The average molecular weight is 1540 g/mol. The van der Waals surface area contributed by atoms with E-state index in [0.717, 1.165) is 114 Å². The number of fused-ring (bicyclic) bond motifs is 4. The normalized spacial score (nSPS) is 19.6. The van der Waals surface area contributed by atoms with E-state index in [1.165, 1.54) is 40.0 Å². The molecule has 0 amide bonds. The molecule has 10 aromatic rings. The van der Waals surface area contributed by atoms with E-state index in [-0.39, 0.29) is 65.8 Å². The van der Waals surface area contributed by atoms with Gasteiger partial charge in [-0.1, -0.05) is 182 Å². The van der Waals surface area contributed by atoms with Gasteiger partial charge in [-0.2, -0.15) is 0 Å². The molecule has 8 bridgehead atoms. The van der Waals surface area contributed by atoms with Crippen LogP contribution in [-0.4, -0.2) is 229 Å². The molecular formula is C85H108N12O15. The van der Waals surface area contributed by atoms with Gasteiger partial charge in [-0.05, 0) is 82.9 Å². The van der Waals surface area contributed by atoms with Gasteiger partial charge in [-0.3, -0.25) is 60.0 Å². The predicted octanol–water partition coefficient (Wildman–Crippen LogP) is 8.22. The van der Waals surface area contributed by atoms with Crippen molar-refractivity contribution in [1.29, 1.82) is 0 Å². The fourth-order valence-corrected chi connectivity index (χ4v) is 12.7. The monoisotopic (exact) mass is 1540 g/mol. The first kappa shape index (κ1) is 87.1. The molecule has 598 valence electrons. The van der Waals surface area contributed by atoms with Crippen molar-refractivity contribution >= 4 is 0 Å². The minimum atomic E-state index is -0.194. The molecule has 8 saturated heterocycles. The molecule has 112 heavy (non-hydrogen) atoms. The van der Waals surface area contributed by atoms with Gasteiger partial charge in [-0.15, -0.1) is 0 Å². The maximum atomic E-state index is 9.90. The van der Waals surface area contributed by atoms with Gasteiger partial charge in [0.2, 0.25) is 0 Å². The SMILES string of the molecule is C1N2CN3CN1CN(C2)C3.C1NCN2CNCN1C2.CO.OCc1cccc(Cc2ccccc2O)c1O.OCc1ccccc1O.OCc1ccccc1O.Oc1ccccc1.Oc1ccccc1CN1CN2CNCN(C2)C1.Oc1ccccc1COCc1ccccc1O.Oc1ccccc1Cc1ccccc1O. The second-order valence-corrected chi connectivity index (χ2v) is 26.9. The van der Waals surface area contributed by atoms with Crippen molar-refractivity contribution in [3.05, 3.63) is 298 Å². The number of benzene rings is 10. The third-order valence-electron chi connectivity index (χ3n) is 18.1. The molecule has 27 heteroatoms. The number of hydrogen-bond donors (Lipinski definition) is 17. The molecule has 0 spiro atoms. The standard InChI is InChI=1S/2C14H14O3.C13H12O2.C12H18N4O.2C7H8O2.C6H12N4.C6H6O.C5H12N4.CH4O/c15-13-7-3-1-5-11(13)9-17-10-12-6-2-4-8-14(12)16;15-9-12-6-3-5-11(14(12)17)8-10-4-1-2-7-13(10)16;14-12-7-3-1-5-10(12)9-11-6-2-4-8-13(11)15;17-12-4-2-1-3-11(12)5-14-8-15-6-13-7-16(9-14)10-15;2*8-5-6-3-1-2-4-7(6)9;1-7-2-9-4-8(1)5-10(3-7)6-9;7-6-4-2-1-3-5-6;1-6-2-9-4-7-3-8(1)5-9;1-2/h1-8,15-16H,9-10H2;1-7,15-17H,8-9H2;1-8,14-15H,9H2;1-4,13,17H,5-10H2;2*1-4,8-9H,5H2;1-6H2;1-5,7H;6-7H,1-5H2;2H,1H3. The van der Waals surface area contributed by atoms with Gasteiger partial charge in [0.15, 0.2) is 0 Å². The third kappa shape index (κ3) is 29.3. The van der Waals surface area contributed by atoms with Gasteiger partial charge in [0, 0.05) is 59.9 Å². The second kappa shape index (κ2) is 47.7. The first-order valence-electron chi connectivity index (χ1n) is 36.7. The Morgan fingerprint density at radius 2 is 0.500 bits per heavy atom. The van der Waals surface area contributed by atoms with E-state index in [2.05, 4.69) is 60.0 Å². The van der Waals surface area contributed by atoms with Crippen molar-refractivity contribution in [1.82, 2.24) is 60.0 Å². The quantitative estimate of drug-likeness (QED) is 0.0516. The molecule has 0 aliphatic carbocycles. The van der Waals surface area contributed by atoms with Crippen molar-refractivity contribution in [2.75, 3.05) is 114 Å². The first-order valence-corrected chi connectivity index (χ1v) is 36.7. The Bertz CT molecular complexity index is 4120. The Kier molecular flexibility index (Phi) is 37.1. The number of para-hydroxylation sites is 10. The molecule has 0 radical (unpaired) electrons. The summed E-state index contributed by atoms with van der Waals surface area (Å²) in [5.74, 6) is 2.31. The maximum Gasteiger partial charge on any atom is 0.124 e. The lowest BCUT2D eigenvalue weighted by Gasteiger charge is -2.56. The molecule has 2 unspecified atom stereocenters. The molecule has 8 aliphatic rings. The Morgan fingerprint density at radius 3 is 0.795 bits per heavy atom. The molecule has 0 saturated carbocycles. The van der Waals surface area contributed by atoms with E-state index in [1.54, 1.807) is 176 Å². The molecule has 8 heterocycles. The Morgan fingerprint density at radius 1 is 0.250 bits per heavy atom. The zero-order valence-corrected chi connectivity index (χ0v) is 63.3. The minimum Gasteiger partial charge on any atom is -0.508 e. The lowest BCUT2D eigenvalue weighted by molar-refractivity contribution is -0.194. The summed E-state index contributed by atoms with van der Waals surface area (Å²) in [6.45, 7) is 18.3. The lowest BCUT2D eigenvalue weighted by Crippen LogP contribution is -2.71. The smallest absolute Gasteiger partial charge is 0.124 e. The van der Waals surface area contributed by atoms with Gasteiger partial charge in [0.05, 0.1) is 140 Å². The number of nitrogens with one attached hydrogen (secondary N) is 3. The van der Waals surface area contributed by atoms with Gasteiger partial charge in [0.25, 0.3) is 0 Å². The van der Waals surface area contributed by atoms with Crippen LogP contribution in [0.4, 0.5) is 0 Å². The largest absolute Gasteiger partial charge is 0.508 e. The van der Waals surface area contributed by atoms with E-state index < -0.39 is 0 Å². The number of aliphatic hydroxyl groups excluding tert-OH is 4. The highest BCUT2D eigenvalue weighted by atomic mass is 16.5. The Hall–Kier alpha value is -10.5. The van der Waals surface area contributed by atoms with Gasteiger partial charge in [-0.25, -0.2) is 0 Å². The van der Waals surface area contributed by atoms with Crippen LogP contribution < -0.4 is 16.0 Å². The molecule has 18 rings (SSSR count). The van der Waals surface area contributed by atoms with Crippen molar-refractivity contribution in [3.8, 4) is 57.5 Å². The van der Waals surface area contributed by atoms with Crippen LogP contribution in [0.25, 0.3) is 0 Å². The van der Waals surface area contributed by atoms with E-state index in [0.29, 0.717) is 59.8 Å². The summed E-state index contributed by atoms with van der Waals surface area (Å²) < 4.78 is 5.45. The summed E-state index contributed by atoms with van der Waals surface area (Å²) in [5, 5.41) is 137. The van der Waals surface area contributed by atoms with E-state index >= 15 is 0 Å². The zero-order valence-electron chi connectivity index (χ0n) is 63.3. The predicted molar refractivity (Wildman–Crippen MR) is 429 cm³/mol. The highest BCUT2D eigenvalue weighted by Crippen LogP contribution is 2.30. The van der Waals surface area contributed by atoms with Crippen LogP contribution in [0.2, 0.25) is 0 Å². The summed E-state index contributed by atoms with van der Waals surface area (Å²) in [4.78, 5) is 21.6. The number of phenolic OH excluding ortho intramolecular Hbond substituents is 7. The Labute approximate surface area is 655 Å². The molecule has 8 fully saturated rings. The molecule has 10 aromatic carbocycles. The van der Waals surface area contributed by atoms with Crippen molar-refractivity contribution < 1.29 is 76.2 Å². The lowest BCUT2D eigenvalue weighted by atomic mass is 10.0. The van der Waals surface area contributed by atoms with Crippen molar-refractivity contribution in [3.63, 3.8) is 0 Å². The highest BCUT2D eigenvalue weighted by molar-refractivity contribution is 5.46. The zero-order chi connectivity index (χ0) is 79.8. The molecule has 27 nitrogen and oxygen atoms in total. The molecule has 8 aliphatic heterocycles. The van der Waals surface area contributed by atoms with Crippen LogP contribution in [0.1, 0.15) is 55.6 Å². The number of aromatic hydroxyl groups is 10. The topological polar surface area (TPSA) is 358 Å². The third-order valence-corrected chi connectivity index (χ3v) is 18.1. The van der Waals surface area contributed by atoms with Crippen molar-refractivity contribution in [2.24, 2.45) is 0 Å². The number of ether oxygens (including phenoxy) is 1. The molecule has 0 aromatic heterocycles. The average Bonchev–Trinajstić information content (AvgIpc) is 0.790. The summed E-state index contributed by atoms with van der Waals surface area (Å²) in [7, 11) is 1.00. The van der Waals surface area contributed by atoms with E-state index in [4.69, 9.17) is 40.5 Å². The second-order valence-electron chi connectivity index (χ2n) is 26.9. The number of rotatable bonds is 13. The maximum absolute atomic E-state index is 9.90. The first-order chi connectivity index (χ1) is 54.5. The minimum absolute atomic E-state index is 0.0956. The number of phenols is 10. The summed E-state index contributed by atoms with van der Waals surface area (Å²) >= 11 is 0. The molecular weight excluding hydrogens is 1430 g/mol. The van der Waals surface area contributed by atoms with Crippen LogP contribution in [0.3, 0.4) is 0 Å². The van der Waals surface area contributed by atoms with Gasteiger partial charge in [0.1, 0.15) is 57.5 Å². The molecule has 2 atom stereocenters. The summed E-state index contributed by atoms with van der Waals surface area (Å²) in [6, 6.07) is 70.3. The summed E-state index contributed by atoms with van der Waals surface area (Å²) in [6.07, 6.45) is 0.978. The highest BCUT2D eigenvalue weighted by Gasteiger charge is 2.36. The van der Waals surface area contributed by atoms with Crippen molar-refractivity contribution in [2.45, 2.75) is 52.4 Å². The molecule has 17 N–H and O–H groups in total. The van der Waals surface area contributed by atoms with Crippen LogP contribution >= 0.6 is 0 Å². The van der Waals surface area contributed by atoms with E-state index in [9.17, 15) is 35.7 Å². The van der Waals surface area contributed by atoms with Crippen LogP contribution in [-0.2, 0) is 57.2 Å². The summed E-state index contributed by atoms with van der Waals surface area (Å²) in [5.41, 5.74) is 7.19. The number of aliphatic hydroxyl groups is 4. The van der Waals surface area contributed by atoms with Crippen LogP contribution in [0, 0.1) is 0 Å². The van der Waals surface area contributed by atoms with Crippen LogP contribution in [0.5, 0.6) is 57.5 Å². The van der Waals surface area contributed by atoms with Crippen LogP contribution in [0.15, 0.2) is 243 Å².